The van der Waals surface area contributed by atoms with Gasteiger partial charge in [0.15, 0.2) is 17.3 Å². The smallest absolute Gasteiger partial charge is 0.186 e. The Morgan fingerprint density at radius 3 is 2.73 bits per heavy atom. The lowest BCUT2D eigenvalue weighted by atomic mass is 10.1. The first-order chi connectivity index (χ1) is 12.5. The van der Waals surface area contributed by atoms with Gasteiger partial charge in [0.2, 0.25) is 0 Å². The fraction of sp³-hybridized carbons (Fsp3) is 0.0500. The first kappa shape index (κ1) is 18.1. The highest BCUT2D eigenvalue weighted by Crippen LogP contribution is 2.20. The quantitative estimate of drug-likeness (QED) is 0.375. The molecule has 0 unspecified atom stereocenters. The number of allylic oxidation sites excluding steroid dienone is 1. The third-order valence-electron chi connectivity index (χ3n) is 3.45. The maximum atomic E-state index is 13.5. The van der Waals surface area contributed by atoms with Crippen LogP contribution in [0, 0.1) is 11.6 Å². The van der Waals surface area contributed by atoms with Crippen molar-refractivity contribution in [3.63, 3.8) is 0 Å². The Bertz CT molecular complexity index is 963. The standard InChI is InChI=1S/C20H13BrF2O3/c21-14-3-1-2-13(10-14)19(24)8-7-16-5-6-17(26-16)12-25-20-9-4-15(22)11-18(20)23/h1-11H,12H2/b8-7+. The van der Waals surface area contributed by atoms with E-state index in [-0.39, 0.29) is 18.1 Å². The average molecular weight is 419 g/mol. The minimum Gasteiger partial charge on any atom is -0.483 e. The molecule has 132 valence electrons. The van der Waals surface area contributed by atoms with Gasteiger partial charge < -0.3 is 9.15 Å². The van der Waals surface area contributed by atoms with E-state index in [9.17, 15) is 13.6 Å². The summed E-state index contributed by atoms with van der Waals surface area (Å²) in [5.74, 6) is -0.764. The molecule has 0 aliphatic heterocycles. The lowest BCUT2D eigenvalue weighted by Crippen LogP contribution is -1.96. The number of ketones is 1. The van der Waals surface area contributed by atoms with Gasteiger partial charge in [-0.15, -0.1) is 0 Å². The van der Waals surface area contributed by atoms with Crippen LogP contribution < -0.4 is 4.74 Å². The molecular weight excluding hydrogens is 406 g/mol. The molecule has 26 heavy (non-hydrogen) atoms. The summed E-state index contributed by atoms with van der Waals surface area (Å²) in [6, 6.07) is 13.5. The van der Waals surface area contributed by atoms with E-state index in [1.54, 1.807) is 36.4 Å². The van der Waals surface area contributed by atoms with Gasteiger partial charge in [0.05, 0.1) is 0 Å². The van der Waals surface area contributed by atoms with E-state index in [1.165, 1.54) is 12.1 Å². The number of rotatable bonds is 6. The Balaban J connectivity index is 1.61. The van der Waals surface area contributed by atoms with Crippen LogP contribution in [-0.4, -0.2) is 5.78 Å². The molecule has 2 aromatic carbocycles. The SMILES string of the molecule is O=C(/C=C/c1ccc(COc2ccc(F)cc2F)o1)c1cccc(Br)c1. The van der Waals surface area contributed by atoms with E-state index < -0.39 is 11.6 Å². The molecule has 0 radical (unpaired) electrons. The van der Waals surface area contributed by atoms with E-state index in [1.807, 2.05) is 6.07 Å². The van der Waals surface area contributed by atoms with E-state index in [4.69, 9.17) is 9.15 Å². The number of hydrogen-bond acceptors (Lipinski definition) is 3. The predicted octanol–water partition coefficient (Wildman–Crippen LogP) is 5.80. The van der Waals surface area contributed by atoms with Crippen LogP contribution in [0.3, 0.4) is 0 Å². The fourth-order valence-electron chi connectivity index (χ4n) is 2.20. The molecule has 3 nitrogen and oxygen atoms in total. The maximum absolute atomic E-state index is 13.5. The van der Waals surface area contributed by atoms with Crippen molar-refractivity contribution in [2.24, 2.45) is 0 Å². The zero-order valence-electron chi connectivity index (χ0n) is 13.4. The molecule has 0 bridgehead atoms. The Morgan fingerprint density at radius 1 is 1.12 bits per heavy atom. The van der Waals surface area contributed by atoms with Crippen molar-refractivity contribution in [3.8, 4) is 5.75 Å². The van der Waals surface area contributed by atoms with Gasteiger partial charge in [0, 0.05) is 16.1 Å². The molecule has 1 heterocycles. The molecule has 3 rings (SSSR count). The number of carbonyl (C=O) groups is 1. The molecule has 0 atom stereocenters. The Labute approximate surface area is 157 Å². The molecule has 3 aromatic rings. The second-order valence-electron chi connectivity index (χ2n) is 5.38. The van der Waals surface area contributed by atoms with Crippen LogP contribution >= 0.6 is 15.9 Å². The summed E-state index contributed by atoms with van der Waals surface area (Å²) < 4.78 is 38.0. The summed E-state index contributed by atoms with van der Waals surface area (Å²) in [7, 11) is 0. The lowest BCUT2D eigenvalue weighted by molar-refractivity contribution is 0.104. The summed E-state index contributed by atoms with van der Waals surface area (Å²) in [5.41, 5.74) is 0.553. The monoisotopic (exact) mass is 418 g/mol. The molecule has 0 amide bonds. The second-order valence-corrected chi connectivity index (χ2v) is 6.29. The summed E-state index contributed by atoms with van der Waals surface area (Å²) in [4.78, 5) is 12.1. The van der Waals surface area contributed by atoms with E-state index in [0.29, 0.717) is 17.1 Å². The normalized spacial score (nSPS) is 11.0. The van der Waals surface area contributed by atoms with Crippen LogP contribution in [-0.2, 0) is 6.61 Å². The Hall–Kier alpha value is -2.73. The lowest BCUT2D eigenvalue weighted by Gasteiger charge is -2.05. The van der Waals surface area contributed by atoms with Gasteiger partial charge >= 0.3 is 0 Å². The topological polar surface area (TPSA) is 39.4 Å². The van der Waals surface area contributed by atoms with Gasteiger partial charge in [0.25, 0.3) is 0 Å². The summed E-state index contributed by atoms with van der Waals surface area (Å²) in [6.07, 6.45) is 2.95. The highest BCUT2D eigenvalue weighted by atomic mass is 79.9. The highest BCUT2D eigenvalue weighted by molar-refractivity contribution is 9.10. The number of halogens is 3. The molecule has 0 saturated carbocycles. The molecule has 0 N–H and O–H groups in total. The number of furan rings is 1. The third-order valence-corrected chi connectivity index (χ3v) is 3.95. The first-order valence-electron chi connectivity index (χ1n) is 7.66. The average Bonchev–Trinajstić information content (AvgIpc) is 3.07. The van der Waals surface area contributed by atoms with Gasteiger partial charge in [-0.25, -0.2) is 8.78 Å². The fourth-order valence-corrected chi connectivity index (χ4v) is 2.60. The molecule has 6 heteroatoms. The molecular formula is C20H13BrF2O3. The number of carbonyl (C=O) groups excluding carboxylic acids is 1. The van der Waals surface area contributed by atoms with Crippen LogP contribution in [0.4, 0.5) is 8.78 Å². The molecule has 0 aliphatic rings. The highest BCUT2D eigenvalue weighted by Gasteiger charge is 2.07. The van der Waals surface area contributed by atoms with Crippen molar-refractivity contribution in [2.75, 3.05) is 0 Å². The predicted molar refractivity (Wildman–Crippen MR) is 96.9 cm³/mol. The van der Waals surface area contributed by atoms with Crippen molar-refractivity contribution >= 4 is 27.8 Å². The van der Waals surface area contributed by atoms with Crippen LogP contribution in [0.15, 0.2) is 69.6 Å². The van der Waals surface area contributed by atoms with E-state index >= 15 is 0 Å². The first-order valence-corrected chi connectivity index (χ1v) is 8.45. The molecule has 0 aliphatic carbocycles. The van der Waals surface area contributed by atoms with Crippen molar-refractivity contribution in [1.29, 1.82) is 0 Å². The van der Waals surface area contributed by atoms with Crippen LogP contribution in [0.1, 0.15) is 21.9 Å². The van der Waals surface area contributed by atoms with Crippen LogP contribution in [0.2, 0.25) is 0 Å². The van der Waals surface area contributed by atoms with E-state index in [0.717, 1.165) is 16.6 Å². The van der Waals surface area contributed by atoms with Crippen molar-refractivity contribution < 1.29 is 22.7 Å². The molecule has 0 spiro atoms. The summed E-state index contributed by atoms with van der Waals surface area (Å²) in [6.45, 7) is -0.0179. The Kier molecular flexibility index (Phi) is 5.63. The minimum absolute atomic E-state index is 0.0179. The van der Waals surface area contributed by atoms with Gasteiger partial charge in [0.1, 0.15) is 23.9 Å². The van der Waals surface area contributed by atoms with Crippen molar-refractivity contribution in [1.82, 2.24) is 0 Å². The van der Waals surface area contributed by atoms with Crippen molar-refractivity contribution in [3.05, 3.63) is 93.9 Å². The van der Waals surface area contributed by atoms with Gasteiger partial charge in [-0.05, 0) is 48.6 Å². The minimum atomic E-state index is -0.781. The number of benzene rings is 2. The summed E-state index contributed by atoms with van der Waals surface area (Å²) >= 11 is 3.32. The van der Waals surface area contributed by atoms with Gasteiger partial charge in [-0.2, -0.15) is 0 Å². The molecule has 1 aromatic heterocycles. The summed E-state index contributed by atoms with van der Waals surface area (Å²) in [5, 5.41) is 0. The molecule has 0 saturated heterocycles. The zero-order chi connectivity index (χ0) is 18.5. The van der Waals surface area contributed by atoms with Gasteiger partial charge in [-0.3, -0.25) is 4.79 Å². The van der Waals surface area contributed by atoms with Gasteiger partial charge in [-0.1, -0.05) is 28.1 Å². The second kappa shape index (κ2) is 8.10. The number of hydrogen-bond donors (Lipinski definition) is 0. The zero-order valence-corrected chi connectivity index (χ0v) is 15.0. The largest absolute Gasteiger partial charge is 0.483 e. The molecule has 0 fully saturated rings. The maximum Gasteiger partial charge on any atom is 0.186 e. The van der Waals surface area contributed by atoms with Crippen LogP contribution in [0.25, 0.3) is 6.08 Å². The van der Waals surface area contributed by atoms with E-state index in [2.05, 4.69) is 15.9 Å². The van der Waals surface area contributed by atoms with Crippen molar-refractivity contribution in [2.45, 2.75) is 6.61 Å². The van der Waals surface area contributed by atoms with Crippen LogP contribution in [0.5, 0.6) is 5.75 Å². The third kappa shape index (κ3) is 4.67. The number of ether oxygens (including phenoxy) is 1. The Morgan fingerprint density at radius 2 is 1.96 bits per heavy atom.